The fraction of sp³-hybridized carbons (Fsp3) is 0.500. The SMILES string of the molecule is CCCCOCCOc1ccc(S(N)(=O)=O)c(F)c1F. The van der Waals surface area contributed by atoms with Crippen LogP contribution in [0.4, 0.5) is 8.78 Å². The standard InChI is InChI=1S/C12H17F2NO4S/c1-2-3-6-18-7-8-19-9-4-5-10(20(15,16)17)12(14)11(9)13/h4-5H,2-3,6-8H2,1H3,(H2,15,16,17). The summed E-state index contributed by atoms with van der Waals surface area (Å²) in [5, 5.41) is 4.75. The molecule has 1 rings (SSSR count). The molecule has 2 N–H and O–H groups in total. The van der Waals surface area contributed by atoms with E-state index in [1.54, 1.807) is 0 Å². The van der Waals surface area contributed by atoms with E-state index in [1.165, 1.54) is 0 Å². The summed E-state index contributed by atoms with van der Waals surface area (Å²) in [4.78, 5) is -0.901. The van der Waals surface area contributed by atoms with E-state index in [2.05, 4.69) is 0 Å². The van der Waals surface area contributed by atoms with Gasteiger partial charge in [-0.05, 0) is 18.6 Å². The number of primary sulfonamides is 1. The van der Waals surface area contributed by atoms with Gasteiger partial charge in [-0.1, -0.05) is 13.3 Å². The predicted molar refractivity (Wildman–Crippen MR) is 69.0 cm³/mol. The molecule has 0 heterocycles. The Kier molecular flexibility index (Phi) is 6.31. The Hall–Kier alpha value is -1.25. The lowest BCUT2D eigenvalue weighted by atomic mass is 10.3. The molecular formula is C12H17F2NO4S. The molecule has 0 aliphatic carbocycles. The maximum absolute atomic E-state index is 13.6. The monoisotopic (exact) mass is 309 g/mol. The van der Waals surface area contributed by atoms with Gasteiger partial charge < -0.3 is 9.47 Å². The van der Waals surface area contributed by atoms with E-state index in [-0.39, 0.29) is 19.0 Å². The van der Waals surface area contributed by atoms with Crippen LogP contribution in [0.5, 0.6) is 5.75 Å². The molecule has 0 radical (unpaired) electrons. The van der Waals surface area contributed by atoms with Crippen molar-refractivity contribution in [3.63, 3.8) is 0 Å². The van der Waals surface area contributed by atoms with Crippen LogP contribution in [0.15, 0.2) is 17.0 Å². The van der Waals surface area contributed by atoms with Crippen molar-refractivity contribution in [2.75, 3.05) is 19.8 Å². The second-order valence-electron chi connectivity index (χ2n) is 4.05. The van der Waals surface area contributed by atoms with Gasteiger partial charge in [-0.15, -0.1) is 0 Å². The number of halogens is 2. The predicted octanol–water partition coefficient (Wildman–Crippen LogP) is 1.81. The van der Waals surface area contributed by atoms with Crippen LogP contribution in [0.2, 0.25) is 0 Å². The molecule has 1 aromatic rings. The minimum absolute atomic E-state index is 0.0365. The third kappa shape index (κ3) is 4.69. The van der Waals surface area contributed by atoms with E-state index in [1.807, 2.05) is 6.92 Å². The van der Waals surface area contributed by atoms with Crippen LogP contribution < -0.4 is 9.88 Å². The van der Waals surface area contributed by atoms with Crippen molar-refractivity contribution >= 4 is 10.0 Å². The Morgan fingerprint density at radius 3 is 2.45 bits per heavy atom. The molecule has 8 heteroatoms. The highest BCUT2D eigenvalue weighted by Crippen LogP contribution is 2.24. The third-order valence-electron chi connectivity index (χ3n) is 2.45. The van der Waals surface area contributed by atoms with Crippen LogP contribution in [0.25, 0.3) is 0 Å². The Balaban J connectivity index is 2.63. The number of rotatable bonds is 8. The van der Waals surface area contributed by atoms with Crippen LogP contribution in [0, 0.1) is 11.6 Å². The Morgan fingerprint density at radius 2 is 1.85 bits per heavy atom. The number of ether oxygens (including phenoxy) is 2. The van der Waals surface area contributed by atoms with E-state index < -0.39 is 26.6 Å². The van der Waals surface area contributed by atoms with E-state index in [0.29, 0.717) is 6.61 Å². The van der Waals surface area contributed by atoms with Crippen molar-refractivity contribution < 1.29 is 26.7 Å². The fourth-order valence-electron chi connectivity index (χ4n) is 1.40. The molecule has 0 unspecified atom stereocenters. The minimum atomic E-state index is -4.30. The highest BCUT2D eigenvalue weighted by atomic mass is 32.2. The quantitative estimate of drug-likeness (QED) is 0.743. The normalized spacial score (nSPS) is 11.6. The first-order valence-electron chi connectivity index (χ1n) is 6.09. The number of hydrogen-bond donors (Lipinski definition) is 1. The molecule has 5 nitrogen and oxygen atoms in total. The van der Waals surface area contributed by atoms with Crippen LogP contribution in [0.3, 0.4) is 0 Å². The molecule has 0 aliphatic rings. The maximum Gasteiger partial charge on any atom is 0.241 e. The Bertz CT molecular complexity index is 549. The van der Waals surface area contributed by atoms with Gasteiger partial charge in [0.1, 0.15) is 11.5 Å². The van der Waals surface area contributed by atoms with Gasteiger partial charge in [0.2, 0.25) is 15.8 Å². The average molecular weight is 309 g/mol. The van der Waals surface area contributed by atoms with Crippen molar-refractivity contribution in [2.45, 2.75) is 24.7 Å². The van der Waals surface area contributed by atoms with Crippen molar-refractivity contribution in [1.29, 1.82) is 0 Å². The summed E-state index contributed by atoms with van der Waals surface area (Å²) in [7, 11) is -4.30. The summed E-state index contributed by atoms with van der Waals surface area (Å²) in [6.07, 6.45) is 1.90. The van der Waals surface area contributed by atoms with Crippen molar-refractivity contribution in [3.05, 3.63) is 23.8 Å². The molecule has 0 bridgehead atoms. The van der Waals surface area contributed by atoms with Crippen LogP contribution in [-0.2, 0) is 14.8 Å². The average Bonchev–Trinajstić information content (AvgIpc) is 2.37. The second kappa shape index (κ2) is 7.51. The van der Waals surface area contributed by atoms with Gasteiger partial charge >= 0.3 is 0 Å². The van der Waals surface area contributed by atoms with Gasteiger partial charge in [-0.2, -0.15) is 4.39 Å². The third-order valence-corrected chi connectivity index (χ3v) is 3.37. The summed E-state index contributed by atoms with van der Waals surface area (Å²) in [6, 6.07) is 1.88. The van der Waals surface area contributed by atoms with Crippen molar-refractivity contribution in [3.8, 4) is 5.75 Å². The molecule has 0 aliphatic heterocycles. The van der Waals surface area contributed by atoms with E-state index in [9.17, 15) is 17.2 Å². The van der Waals surface area contributed by atoms with Gasteiger partial charge in [-0.25, -0.2) is 17.9 Å². The number of hydrogen-bond acceptors (Lipinski definition) is 4. The molecule has 0 atom stereocenters. The molecule has 0 fully saturated rings. The summed E-state index contributed by atoms with van der Waals surface area (Å²) >= 11 is 0. The summed E-state index contributed by atoms with van der Waals surface area (Å²) in [5.74, 6) is -3.31. The molecule has 0 spiro atoms. The number of unbranched alkanes of at least 4 members (excludes halogenated alkanes) is 1. The van der Waals surface area contributed by atoms with Gasteiger partial charge in [0, 0.05) is 6.61 Å². The Morgan fingerprint density at radius 1 is 1.15 bits per heavy atom. The lowest BCUT2D eigenvalue weighted by Crippen LogP contribution is -2.15. The smallest absolute Gasteiger partial charge is 0.241 e. The topological polar surface area (TPSA) is 78.6 Å². The van der Waals surface area contributed by atoms with Gasteiger partial charge in [0.15, 0.2) is 11.6 Å². The fourth-order valence-corrected chi connectivity index (χ4v) is 2.00. The molecule has 1 aromatic carbocycles. The second-order valence-corrected chi connectivity index (χ2v) is 5.58. The molecule has 20 heavy (non-hydrogen) atoms. The first-order chi connectivity index (χ1) is 9.38. The van der Waals surface area contributed by atoms with Gasteiger partial charge in [0.25, 0.3) is 0 Å². The van der Waals surface area contributed by atoms with E-state index in [4.69, 9.17) is 14.6 Å². The molecule has 0 saturated carbocycles. The summed E-state index contributed by atoms with van der Waals surface area (Å²) in [5.41, 5.74) is 0. The van der Waals surface area contributed by atoms with E-state index in [0.717, 1.165) is 25.0 Å². The number of sulfonamides is 1. The lowest BCUT2D eigenvalue weighted by Gasteiger charge is -2.09. The zero-order chi connectivity index (χ0) is 15.2. The largest absolute Gasteiger partial charge is 0.488 e. The van der Waals surface area contributed by atoms with E-state index >= 15 is 0 Å². The van der Waals surface area contributed by atoms with Crippen LogP contribution in [0.1, 0.15) is 19.8 Å². The lowest BCUT2D eigenvalue weighted by molar-refractivity contribution is 0.0963. The number of benzene rings is 1. The molecule has 114 valence electrons. The number of nitrogens with two attached hydrogens (primary N) is 1. The Labute approximate surface area is 116 Å². The summed E-state index contributed by atoms with van der Waals surface area (Å²) in [6.45, 7) is 2.86. The molecule has 0 aromatic heterocycles. The van der Waals surface area contributed by atoms with Crippen molar-refractivity contribution in [2.24, 2.45) is 5.14 Å². The zero-order valence-electron chi connectivity index (χ0n) is 11.1. The van der Waals surface area contributed by atoms with Crippen LogP contribution in [-0.4, -0.2) is 28.2 Å². The van der Waals surface area contributed by atoms with Gasteiger partial charge in [0.05, 0.1) is 6.61 Å². The summed E-state index contributed by atoms with van der Waals surface area (Å²) < 4.78 is 59.2. The maximum atomic E-state index is 13.6. The molecular weight excluding hydrogens is 292 g/mol. The van der Waals surface area contributed by atoms with Crippen molar-refractivity contribution in [1.82, 2.24) is 0 Å². The van der Waals surface area contributed by atoms with Crippen LogP contribution >= 0.6 is 0 Å². The molecule has 0 amide bonds. The highest BCUT2D eigenvalue weighted by molar-refractivity contribution is 7.89. The zero-order valence-corrected chi connectivity index (χ0v) is 11.9. The van der Waals surface area contributed by atoms with Gasteiger partial charge in [-0.3, -0.25) is 0 Å². The highest BCUT2D eigenvalue weighted by Gasteiger charge is 2.21. The minimum Gasteiger partial charge on any atom is -0.488 e. The molecule has 0 saturated heterocycles. The first-order valence-corrected chi connectivity index (χ1v) is 7.64. The first kappa shape index (κ1) is 16.8.